The van der Waals surface area contributed by atoms with Crippen LogP contribution in [0.4, 0.5) is 0 Å². The molecule has 2 atom stereocenters. The van der Waals surface area contributed by atoms with Crippen LogP contribution in [-0.4, -0.2) is 24.3 Å². The van der Waals surface area contributed by atoms with Crippen LogP contribution in [0.25, 0.3) is 0 Å². The second-order valence-corrected chi connectivity index (χ2v) is 8.92. The zero-order valence-electron chi connectivity index (χ0n) is 12.3. The van der Waals surface area contributed by atoms with Crippen LogP contribution in [-0.2, 0) is 21.3 Å². The monoisotopic (exact) mass is 315 g/mol. The van der Waals surface area contributed by atoms with Crippen LogP contribution >= 0.6 is 6.42 Å². The van der Waals surface area contributed by atoms with Crippen molar-refractivity contribution in [3.63, 3.8) is 0 Å². The van der Waals surface area contributed by atoms with Crippen molar-refractivity contribution in [1.29, 1.82) is 0 Å². The molecule has 0 amide bonds. The van der Waals surface area contributed by atoms with Gasteiger partial charge in [-0.3, -0.25) is 4.79 Å². The lowest BCUT2D eigenvalue weighted by atomic mass is 10.3. The zero-order valence-corrected chi connectivity index (χ0v) is 14.0. The van der Waals surface area contributed by atoms with E-state index >= 15 is 0 Å². The van der Waals surface area contributed by atoms with Gasteiger partial charge in [0.25, 0.3) is 0 Å². The lowest BCUT2D eigenvalue weighted by Gasteiger charge is -2.26. The molecule has 6 heteroatoms. The molecule has 0 heterocycles. The summed E-state index contributed by atoms with van der Waals surface area (Å²) in [6.45, 7) is 7.34. The number of hydrogen-bond donors (Lipinski definition) is 1. The van der Waals surface area contributed by atoms with Crippen LogP contribution in [0.1, 0.15) is 27.7 Å². The van der Waals surface area contributed by atoms with Gasteiger partial charge in [0, 0.05) is 6.16 Å². The van der Waals surface area contributed by atoms with Gasteiger partial charge in [-0.15, -0.1) is 0 Å². The van der Waals surface area contributed by atoms with Crippen LogP contribution in [0.2, 0.25) is 0 Å². The number of ether oxygens (including phenoxy) is 1. The molecule has 1 N–H and O–H groups in total. The molecule has 0 bridgehead atoms. The Morgan fingerprint density at radius 1 is 1.30 bits per heavy atom. The fourth-order valence-corrected chi connectivity index (χ4v) is 3.77. The van der Waals surface area contributed by atoms with Crippen LogP contribution in [0.3, 0.4) is 0 Å². The Labute approximate surface area is 126 Å². The highest BCUT2D eigenvalue weighted by molar-refractivity contribution is 8.11. The van der Waals surface area contributed by atoms with Gasteiger partial charge in [0.1, 0.15) is 11.8 Å². The SMILES string of the molecule is CC[P@](=S)(N[C@@H](C)C(=O)OC(C)C)Oc1ccccc1. The largest absolute Gasteiger partial charge is 0.462 e. The van der Waals surface area contributed by atoms with Gasteiger partial charge < -0.3 is 9.26 Å². The molecule has 0 aliphatic carbocycles. The maximum Gasteiger partial charge on any atom is 0.323 e. The van der Waals surface area contributed by atoms with Crippen molar-refractivity contribution in [2.75, 3.05) is 6.16 Å². The zero-order chi connectivity index (χ0) is 15.2. The van der Waals surface area contributed by atoms with E-state index in [0.717, 1.165) is 5.75 Å². The molecule has 0 saturated heterocycles. The molecule has 20 heavy (non-hydrogen) atoms. The number of rotatable bonds is 7. The number of hydrogen-bond acceptors (Lipinski definition) is 4. The molecule has 0 unspecified atom stereocenters. The molecule has 0 aliphatic heterocycles. The molecule has 0 radical (unpaired) electrons. The van der Waals surface area contributed by atoms with Crippen LogP contribution in [0.15, 0.2) is 30.3 Å². The van der Waals surface area contributed by atoms with Crippen molar-refractivity contribution in [2.45, 2.75) is 39.8 Å². The third-order valence-electron chi connectivity index (χ3n) is 2.51. The summed E-state index contributed by atoms with van der Waals surface area (Å²) in [4.78, 5) is 11.8. The number of benzene rings is 1. The molecule has 0 fully saturated rings. The number of para-hydroxylation sites is 1. The Morgan fingerprint density at radius 3 is 2.40 bits per heavy atom. The first kappa shape index (κ1) is 17.2. The van der Waals surface area contributed by atoms with E-state index in [1.54, 1.807) is 6.92 Å². The van der Waals surface area contributed by atoms with Crippen LogP contribution < -0.4 is 9.61 Å². The Bertz CT molecular complexity index is 479. The predicted octanol–water partition coefficient (Wildman–Crippen LogP) is 3.32. The second kappa shape index (κ2) is 7.77. The second-order valence-electron chi connectivity index (χ2n) is 4.73. The Morgan fingerprint density at radius 2 is 1.90 bits per heavy atom. The van der Waals surface area contributed by atoms with Crippen molar-refractivity contribution in [3.05, 3.63) is 30.3 Å². The molecule has 112 valence electrons. The Kier molecular flexibility index (Phi) is 6.66. The smallest absolute Gasteiger partial charge is 0.323 e. The van der Waals surface area contributed by atoms with Crippen molar-refractivity contribution < 1.29 is 14.1 Å². The first-order valence-electron chi connectivity index (χ1n) is 6.68. The number of nitrogens with one attached hydrogen (secondary N) is 1. The molecule has 0 spiro atoms. The first-order valence-corrected chi connectivity index (χ1v) is 9.59. The topological polar surface area (TPSA) is 47.6 Å². The fraction of sp³-hybridized carbons (Fsp3) is 0.500. The molecule has 0 aliphatic rings. The molecule has 1 rings (SSSR count). The number of carbonyl (C=O) groups is 1. The molecule has 1 aromatic carbocycles. The van der Waals surface area contributed by atoms with Crippen molar-refractivity contribution in [1.82, 2.24) is 5.09 Å². The average Bonchev–Trinajstić information content (AvgIpc) is 2.39. The molecule has 1 aromatic rings. The number of esters is 1. The summed E-state index contributed by atoms with van der Waals surface area (Å²) >= 11 is 5.56. The van der Waals surface area contributed by atoms with E-state index in [1.807, 2.05) is 51.1 Å². The molecule has 0 aromatic heterocycles. The minimum absolute atomic E-state index is 0.138. The lowest BCUT2D eigenvalue weighted by Crippen LogP contribution is -2.36. The first-order chi connectivity index (χ1) is 9.36. The lowest BCUT2D eigenvalue weighted by molar-refractivity contribution is -0.148. The van der Waals surface area contributed by atoms with Gasteiger partial charge in [0.2, 0.25) is 0 Å². The normalized spacial score (nSPS) is 15.4. The summed E-state index contributed by atoms with van der Waals surface area (Å²) < 4.78 is 11.1. The molecule has 0 saturated carbocycles. The minimum Gasteiger partial charge on any atom is -0.462 e. The van der Waals surface area contributed by atoms with Crippen molar-refractivity contribution in [2.24, 2.45) is 0 Å². The van der Waals surface area contributed by atoms with Gasteiger partial charge in [-0.05, 0) is 44.7 Å². The van der Waals surface area contributed by atoms with Crippen molar-refractivity contribution in [3.8, 4) is 5.75 Å². The van der Waals surface area contributed by atoms with Crippen molar-refractivity contribution >= 4 is 24.2 Å². The summed E-state index contributed by atoms with van der Waals surface area (Å²) in [6, 6.07) is 8.93. The summed E-state index contributed by atoms with van der Waals surface area (Å²) in [5.74, 6) is 0.411. The highest BCUT2D eigenvalue weighted by Gasteiger charge is 2.25. The van der Waals surface area contributed by atoms with E-state index in [-0.39, 0.29) is 12.1 Å². The minimum atomic E-state index is -2.29. The van der Waals surface area contributed by atoms with Gasteiger partial charge in [0.15, 0.2) is 6.42 Å². The van der Waals surface area contributed by atoms with Gasteiger partial charge in [-0.1, -0.05) is 25.1 Å². The summed E-state index contributed by atoms with van der Waals surface area (Å²) in [6.07, 6.45) is -1.78. The van der Waals surface area contributed by atoms with Gasteiger partial charge in [0.05, 0.1) is 6.10 Å². The summed E-state index contributed by atoms with van der Waals surface area (Å²) in [5, 5.41) is 3.13. The Hall–Kier alpha value is -0.900. The van der Waals surface area contributed by atoms with E-state index in [9.17, 15) is 4.79 Å². The van der Waals surface area contributed by atoms with E-state index in [1.165, 1.54) is 0 Å². The van der Waals surface area contributed by atoms with E-state index < -0.39 is 12.5 Å². The van der Waals surface area contributed by atoms with Crippen LogP contribution in [0.5, 0.6) is 5.75 Å². The predicted molar refractivity (Wildman–Crippen MR) is 85.7 cm³/mol. The summed E-state index contributed by atoms with van der Waals surface area (Å²) in [5.41, 5.74) is 0. The van der Waals surface area contributed by atoms with E-state index in [2.05, 4.69) is 5.09 Å². The highest BCUT2D eigenvalue weighted by atomic mass is 32.4. The Balaban J connectivity index is 2.70. The standard InChI is InChI=1S/C14H22NO3PS/c1-5-19(20,18-13-9-7-6-8-10-13)15-12(4)14(16)17-11(2)3/h6-12H,5H2,1-4H3,(H,15,20)/t12-,19-/m0/s1. The van der Waals surface area contributed by atoms with Crippen LogP contribution in [0, 0.1) is 0 Å². The van der Waals surface area contributed by atoms with Gasteiger partial charge in [-0.25, -0.2) is 5.09 Å². The summed E-state index contributed by atoms with van der Waals surface area (Å²) in [7, 11) is 0. The molecular formula is C14H22NO3PS. The maximum absolute atomic E-state index is 11.8. The molecular weight excluding hydrogens is 293 g/mol. The molecule has 4 nitrogen and oxygen atoms in total. The van der Waals surface area contributed by atoms with E-state index in [0.29, 0.717) is 6.16 Å². The maximum atomic E-state index is 11.8. The highest BCUT2D eigenvalue weighted by Crippen LogP contribution is 2.43. The van der Waals surface area contributed by atoms with E-state index in [4.69, 9.17) is 21.1 Å². The van der Waals surface area contributed by atoms with Gasteiger partial charge >= 0.3 is 5.97 Å². The van der Waals surface area contributed by atoms with Gasteiger partial charge in [-0.2, -0.15) is 0 Å². The fourth-order valence-electron chi connectivity index (χ4n) is 1.52. The third-order valence-corrected chi connectivity index (χ3v) is 5.94. The third kappa shape index (κ3) is 5.61. The average molecular weight is 315 g/mol. The number of carbonyl (C=O) groups excluding carboxylic acids is 1. The quantitative estimate of drug-likeness (QED) is 0.618.